The normalized spacial score (nSPS) is 8.40. The molecule has 52 valence electrons. The molecule has 0 radical (unpaired) electrons. The summed E-state index contributed by atoms with van der Waals surface area (Å²) in [6.07, 6.45) is 1.91. The van der Waals surface area contributed by atoms with Gasteiger partial charge in [0.25, 0.3) is 0 Å². The van der Waals surface area contributed by atoms with Crippen molar-refractivity contribution in [3.8, 4) is 0 Å². The highest BCUT2D eigenvalue weighted by Gasteiger charge is 1.84. The Balaban J connectivity index is 3.10. The van der Waals surface area contributed by atoms with Crippen molar-refractivity contribution in [1.82, 2.24) is 0 Å². The lowest BCUT2D eigenvalue weighted by atomic mass is 10.4. The molecule has 1 rings (SSSR count). The monoisotopic (exact) mass is 138 g/mol. The van der Waals surface area contributed by atoms with Crippen molar-refractivity contribution in [1.29, 1.82) is 0 Å². The molecule has 0 aliphatic carbocycles. The number of carbonyl (C=O) groups is 1. The molecule has 1 aromatic rings. The molecule has 0 spiro atoms. The predicted molar refractivity (Wildman–Crippen MR) is 34.0 cm³/mol. The van der Waals surface area contributed by atoms with E-state index >= 15 is 0 Å². The van der Waals surface area contributed by atoms with Gasteiger partial charge in [0.15, 0.2) is 6.29 Å². The summed E-state index contributed by atoms with van der Waals surface area (Å²) < 4.78 is 8.93. The van der Waals surface area contributed by atoms with Crippen LogP contribution < -0.4 is 0 Å². The quantitative estimate of drug-likeness (QED) is 0.439. The highest BCUT2D eigenvalue weighted by atomic mass is 17.0. The van der Waals surface area contributed by atoms with E-state index in [1.165, 1.54) is 12.3 Å². The van der Waals surface area contributed by atoms with Gasteiger partial charge in [0.1, 0.15) is 6.26 Å². The molecule has 0 fully saturated rings. The van der Waals surface area contributed by atoms with Crippen LogP contribution in [0.5, 0.6) is 0 Å². The molecule has 0 bridgehead atoms. The molecule has 0 amide bonds. The fourth-order valence-corrected chi connectivity index (χ4v) is 0.462. The van der Waals surface area contributed by atoms with Crippen molar-refractivity contribution in [2.75, 3.05) is 0 Å². The van der Waals surface area contributed by atoms with Crippen LogP contribution >= 0.6 is 0 Å². The molecule has 0 saturated carbocycles. The van der Waals surface area contributed by atoms with E-state index in [1.54, 1.807) is 18.2 Å². The molecule has 1 aromatic heterocycles. The zero-order valence-electron chi connectivity index (χ0n) is 5.19. The van der Waals surface area contributed by atoms with Crippen LogP contribution in [0.1, 0.15) is 10.6 Å². The van der Waals surface area contributed by atoms with Crippen LogP contribution in [-0.2, 0) is 0 Å². The van der Waals surface area contributed by atoms with Crippen molar-refractivity contribution in [3.63, 3.8) is 0 Å². The SMILES string of the molecule is O=Cc1cccccoo1. The van der Waals surface area contributed by atoms with Crippen molar-refractivity contribution in [2.45, 2.75) is 0 Å². The Bertz CT molecular complexity index is 226. The maximum absolute atomic E-state index is 10.1. The van der Waals surface area contributed by atoms with Crippen LogP contribution in [0.25, 0.3) is 0 Å². The first-order valence-electron chi connectivity index (χ1n) is 2.75. The molecule has 3 nitrogen and oxygen atoms in total. The second kappa shape index (κ2) is 3.50. The summed E-state index contributed by atoms with van der Waals surface area (Å²) in [6, 6.07) is 6.57. The Labute approximate surface area is 57.5 Å². The van der Waals surface area contributed by atoms with Gasteiger partial charge in [-0.05, 0) is 12.1 Å². The third-order valence-electron chi connectivity index (χ3n) is 0.877. The number of hydrogen-bond acceptors (Lipinski definition) is 3. The summed E-state index contributed by atoms with van der Waals surface area (Å²) in [5, 5.41) is 0. The summed E-state index contributed by atoms with van der Waals surface area (Å²) in [5.74, 6) is 0.153. The summed E-state index contributed by atoms with van der Waals surface area (Å²) in [5.41, 5.74) is 0. The first kappa shape index (κ1) is 6.61. The maximum atomic E-state index is 10.1. The van der Waals surface area contributed by atoms with Gasteiger partial charge in [-0.25, -0.2) is 0 Å². The Morgan fingerprint density at radius 3 is 3.00 bits per heavy atom. The second-order valence-electron chi connectivity index (χ2n) is 1.58. The van der Waals surface area contributed by atoms with Gasteiger partial charge in [-0.1, -0.05) is 12.1 Å². The van der Waals surface area contributed by atoms with Gasteiger partial charge in [-0.3, -0.25) is 13.9 Å². The number of aldehydes is 1. The van der Waals surface area contributed by atoms with Crippen molar-refractivity contribution >= 4 is 6.29 Å². The fourth-order valence-electron chi connectivity index (χ4n) is 0.462. The van der Waals surface area contributed by atoms with Gasteiger partial charge in [0.05, 0.1) is 0 Å². The van der Waals surface area contributed by atoms with Crippen molar-refractivity contribution in [3.05, 3.63) is 36.3 Å². The zero-order chi connectivity index (χ0) is 7.23. The third kappa shape index (κ3) is 1.78. The van der Waals surface area contributed by atoms with Gasteiger partial charge in [-0.2, -0.15) is 0 Å². The number of hydrogen-bond donors (Lipinski definition) is 0. The minimum absolute atomic E-state index is 0.153. The van der Waals surface area contributed by atoms with Gasteiger partial charge in [0, 0.05) is 0 Å². The zero-order valence-corrected chi connectivity index (χ0v) is 5.19. The first-order valence-corrected chi connectivity index (χ1v) is 2.75. The summed E-state index contributed by atoms with van der Waals surface area (Å²) in [7, 11) is 0. The molecule has 10 heavy (non-hydrogen) atoms. The molecule has 1 heterocycles. The highest BCUT2D eigenvalue weighted by molar-refractivity contribution is 5.69. The molecule has 0 aliphatic rings. The lowest BCUT2D eigenvalue weighted by Gasteiger charge is -1.79. The van der Waals surface area contributed by atoms with E-state index < -0.39 is 0 Å². The topological polar surface area (TPSA) is 43.4 Å². The molecule has 0 N–H and O–H groups in total. The second-order valence-corrected chi connectivity index (χ2v) is 1.58. The Morgan fingerprint density at radius 1 is 1.30 bits per heavy atom. The van der Waals surface area contributed by atoms with Crippen LogP contribution in [-0.4, -0.2) is 6.29 Å². The van der Waals surface area contributed by atoms with Crippen molar-refractivity contribution < 1.29 is 13.9 Å². The van der Waals surface area contributed by atoms with E-state index in [1.807, 2.05) is 0 Å². The van der Waals surface area contributed by atoms with E-state index in [4.69, 9.17) is 0 Å². The molecule has 0 atom stereocenters. The lowest BCUT2D eigenvalue weighted by molar-refractivity contribution is 0.0375. The number of carbonyl (C=O) groups excluding carboxylic acids is 1. The summed E-state index contributed by atoms with van der Waals surface area (Å²) in [4.78, 5) is 10.1. The Kier molecular flexibility index (Phi) is 2.31. The fraction of sp³-hybridized carbons (Fsp3) is 0. The molecule has 0 saturated heterocycles. The van der Waals surface area contributed by atoms with Crippen molar-refractivity contribution in [2.24, 2.45) is 0 Å². The lowest BCUT2D eigenvalue weighted by Crippen LogP contribution is -1.71. The van der Waals surface area contributed by atoms with Gasteiger partial charge in [-0.15, -0.1) is 0 Å². The predicted octanol–water partition coefficient (Wildman–Crippen LogP) is 1.81. The molecule has 0 aromatic carbocycles. The number of rotatable bonds is 1. The molecule has 3 heteroatoms. The van der Waals surface area contributed by atoms with Crippen LogP contribution in [0, 0.1) is 0 Å². The standard InChI is InChI=1S/C7H6O3/c8-6-7-4-2-1-3-5-9-10-7/h1-6H. The van der Waals surface area contributed by atoms with Crippen LogP contribution in [0.4, 0.5) is 0 Å². The minimum atomic E-state index is 0.153. The smallest absolute Gasteiger partial charge is 0.218 e. The average Bonchev–Trinajstić information content (AvgIpc) is 1.87. The van der Waals surface area contributed by atoms with E-state index in [2.05, 4.69) is 9.15 Å². The van der Waals surface area contributed by atoms with Gasteiger partial charge >= 0.3 is 0 Å². The average molecular weight is 138 g/mol. The Morgan fingerprint density at radius 2 is 2.20 bits per heavy atom. The third-order valence-corrected chi connectivity index (χ3v) is 0.877. The summed E-state index contributed by atoms with van der Waals surface area (Å²) >= 11 is 0. The maximum Gasteiger partial charge on any atom is 0.218 e. The van der Waals surface area contributed by atoms with E-state index in [0.29, 0.717) is 6.29 Å². The molecular weight excluding hydrogens is 132 g/mol. The van der Waals surface area contributed by atoms with E-state index in [9.17, 15) is 4.79 Å². The molecule has 0 unspecified atom stereocenters. The Hall–Kier alpha value is -1.51. The largest absolute Gasteiger partial charge is 0.298 e. The van der Waals surface area contributed by atoms with Crippen LogP contribution in [0.2, 0.25) is 0 Å². The highest BCUT2D eigenvalue weighted by Crippen LogP contribution is 1.89. The van der Waals surface area contributed by atoms with E-state index in [-0.39, 0.29) is 5.76 Å². The van der Waals surface area contributed by atoms with E-state index in [0.717, 1.165) is 0 Å². The summed E-state index contributed by atoms with van der Waals surface area (Å²) in [6.45, 7) is 0. The van der Waals surface area contributed by atoms with Crippen LogP contribution in [0.15, 0.2) is 39.7 Å². The molecule has 0 aliphatic heterocycles. The van der Waals surface area contributed by atoms with Gasteiger partial charge in [0.2, 0.25) is 5.76 Å². The minimum Gasteiger partial charge on any atom is -0.298 e. The first-order chi connectivity index (χ1) is 4.93. The molecular formula is C7H6O3. The van der Waals surface area contributed by atoms with Gasteiger partial charge < -0.3 is 0 Å². The van der Waals surface area contributed by atoms with Crippen LogP contribution in [0.3, 0.4) is 0 Å².